The molecule has 0 radical (unpaired) electrons. The molecule has 1 atom stereocenters. The van der Waals surface area contributed by atoms with E-state index >= 15 is 0 Å². The maximum atomic E-state index is 13.5. The van der Waals surface area contributed by atoms with E-state index in [4.69, 9.17) is 4.42 Å². The fourth-order valence-electron chi connectivity index (χ4n) is 4.53. The highest BCUT2D eigenvalue weighted by Gasteiger charge is 2.28. The van der Waals surface area contributed by atoms with Gasteiger partial charge in [0.15, 0.2) is 0 Å². The summed E-state index contributed by atoms with van der Waals surface area (Å²) in [6.07, 6.45) is 7.41. The van der Waals surface area contributed by atoms with Gasteiger partial charge in [-0.2, -0.15) is 0 Å². The molecule has 1 aliphatic rings. The van der Waals surface area contributed by atoms with Gasteiger partial charge in [0.1, 0.15) is 23.0 Å². The van der Waals surface area contributed by atoms with Gasteiger partial charge >= 0.3 is 0 Å². The molecule has 6 nitrogen and oxygen atoms in total. The third kappa shape index (κ3) is 3.58. The Bertz CT molecular complexity index is 1380. The Balaban J connectivity index is 1.82. The Hall–Kier alpha value is -3.13. The number of aromatic amines is 1. The Morgan fingerprint density at radius 3 is 2.66 bits per heavy atom. The molecule has 1 N–H and O–H groups in total. The van der Waals surface area contributed by atoms with Gasteiger partial charge in [-0.1, -0.05) is 13.3 Å². The van der Waals surface area contributed by atoms with Crippen LogP contribution in [0.1, 0.15) is 37.7 Å². The van der Waals surface area contributed by atoms with Crippen molar-refractivity contribution in [2.45, 2.75) is 32.1 Å². The van der Waals surface area contributed by atoms with E-state index in [1.807, 2.05) is 12.1 Å². The summed E-state index contributed by atoms with van der Waals surface area (Å²) in [5, 5.41) is 0.846. The third-order valence-electron chi connectivity index (χ3n) is 6.13. The molecule has 0 amide bonds. The lowest BCUT2D eigenvalue weighted by Gasteiger charge is -2.29. The number of halogens is 1. The van der Waals surface area contributed by atoms with Crippen molar-refractivity contribution < 1.29 is 17.2 Å². The molecule has 0 saturated heterocycles. The smallest absolute Gasteiger partial charge is 0.232 e. The molecule has 166 valence electrons. The van der Waals surface area contributed by atoms with E-state index in [0.29, 0.717) is 29.4 Å². The third-order valence-corrected chi connectivity index (χ3v) is 7.31. The van der Waals surface area contributed by atoms with E-state index in [1.54, 1.807) is 24.5 Å². The number of anilines is 1. The zero-order valence-electron chi connectivity index (χ0n) is 17.9. The average molecular weight is 454 g/mol. The zero-order valence-corrected chi connectivity index (χ0v) is 18.7. The number of hydrogen-bond donors (Lipinski definition) is 1. The summed E-state index contributed by atoms with van der Waals surface area (Å²) in [6, 6.07) is 9.98. The fourth-order valence-corrected chi connectivity index (χ4v) is 5.50. The second-order valence-corrected chi connectivity index (χ2v) is 10.3. The Kier molecular flexibility index (Phi) is 5.04. The van der Waals surface area contributed by atoms with E-state index in [2.05, 4.69) is 16.9 Å². The first-order valence-electron chi connectivity index (χ1n) is 10.7. The lowest BCUT2D eigenvalue weighted by molar-refractivity contribution is 0.572. The number of nitrogens with one attached hydrogen (secondary N) is 1. The van der Waals surface area contributed by atoms with E-state index < -0.39 is 10.0 Å². The van der Waals surface area contributed by atoms with Crippen LogP contribution >= 0.6 is 0 Å². The van der Waals surface area contributed by atoms with Gasteiger partial charge in [-0.05, 0) is 54.7 Å². The Morgan fingerprint density at radius 1 is 1.19 bits per heavy atom. The summed E-state index contributed by atoms with van der Waals surface area (Å²) in [5.74, 6) is 1.06. The van der Waals surface area contributed by atoms with E-state index in [-0.39, 0.29) is 11.7 Å². The van der Waals surface area contributed by atoms with Crippen LogP contribution in [0.15, 0.2) is 53.2 Å². The van der Waals surface area contributed by atoms with Crippen molar-refractivity contribution in [3.8, 4) is 22.7 Å². The maximum absolute atomic E-state index is 13.5. The molecule has 32 heavy (non-hydrogen) atoms. The number of nitrogens with zero attached hydrogens (tertiary/aromatic N) is 2. The van der Waals surface area contributed by atoms with Crippen LogP contribution < -0.4 is 4.31 Å². The van der Waals surface area contributed by atoms with Crippen molar-refractivity contribution in [2.24, 2.45) is 0 Å². The summed E-state index contributed by atoms with van der Waals surface area (Å²) >= 11 is 0. The number of rotatable bonds is 3. The first-order valence-corrected chi connectivity index (χ1v) is 12.5. The molecule has 2 aromatic heterocycles. The molecular formula is C24H24FN3O3S. The Morgan fingerprint density at radius 2 is 1.97 bits per heavy atom. The molecule has 8 heteroatoms. The van der Waals surface area contributed by atoms with Crippen molar-refractivity contribution in [3.05, 3.63) is 60.2 Å². The lowest BCUT2D eigenvalue weighted by atomic mass is 9.90. The standard InChI is InChI=1S/C24H24FN3O3S/c1-15-5-3-4-12-28(32(2,29)30)20-14-21-19(13-18(15)20)22(24-26-10-11-27-24)23(31-21)16-6-8-17(25)9-7-16/h6-11,13-15H,3-5,12H2,1-2H3,(H,26,27). The minimum absolute atomic E-state index is 0.188. The summed E-state index contributed by atoms with van der Waals surface area (Å²) in [5.41, 5.74) is 3.70. The number of imidazole rings is 1. The summed E-state index contributed by atoms with van der Waals surface area (Å²) < 4.78 is 46.5. The number of furan rings is 1. The molecule has 0 aliphatic carbocycles. The number of sulfonamides is 1. The van der Waals surface area contributed by atoms with Gasteiger partial charge in [0, 0.05) is 36.0 Å². The number of benzene rings is 2. The van der Waals surface area contributed by atoms with Crippen LogP contribution in [0.3, 0.4) is 0 Å². The highest BCUT2D eigenvalue weighted by Crippen LogP contribution is 2.44. The summed E-state index contributed by atoms with van der Waals surface area (Å²) in [6.45, 7) is 2.57. The molecule has 0 saturated carbocycles. The van der Waals surface area contributed by atoms with Crippen LogP contribution in [0.5, 0.6) is 0 Å². The molecule has 1 unspecified atom stereocenters. The molecule has 4 aromatic rings. The highest BCUT2D eigenvalue weighted by atomic mass is 32.2. The van der Waals surface area contributed by atoms with Gasteiger partial charge in [-0.25, -0.2) is 17.8 Å². The fraction of sp³-hybridized carbons (Fsp3) is 0.292. The number of aromatic nitrogens is 2. The predicted octanol–water partition coefficient (Wildman–Crippen LogP) is 5.68. The van der Waals surface area contributed by atoms with Gasteiger partial charge in [0.05, 0.1) is 17.5 Å². The van der Waals surface area contributed by atoms with Crippen molar-refractivity contribution in [2.75, 3.05) is 17.1 Å². The monoisotopic (exact) mass is 453 g/mol. The van der Waals surface area contributed by atoms with Crippen molar-refractivity contribution >= 4 is 26.7 Å². The summed E-state index contributed by atoms with van der Waals surface area (Å²) in [7, 11) is -3.44. The minimum Gasteiger partial charge on any atom is -0.455 e. The maximum Gasteiger partial charge on any atom is 0.232 e. The van der Waals surface area contributed by atoms with Crippen LogP contribution in [0.25, 0.3) is 33.7 Å². The normalized spacial score (nSPS) is 17.2. The minimum atomic E-state index is -3.44. The molecule has 5 rings (SSSR count). The number of fused-ring (bicyclic) bond motifs is 2. The Labute approximate surface area is 186 Å². The molecular weight excluding hydrogens is 429 g/mol. The SMILES string of the molecule is CC1CCCCN(S(C)(=O)=O)c2cc3oc(-c4ccc(F)cc4)c(-c4ncc[nH]4)c3cc21. The molecule has 3 heterocycles. The first-order chi connectivity index (χ1) is 15.3. The predicted molar refractivity (Wildman–Crippen MR) is 124 cm³/mol. The topological polar surface area (TPSA) is 79.2 Å². The van der Waals surface area contributed by atoms with E-state index in [1.165, 1.54) is 22.7 Å². The van der Waals surface area contributed by atoms with Crippen LogP contribution in [0, 0.1) is 5.82 Å². The first kappa shape index (κ1) is 20.8. The zero-order chi connectivity index (χ0) is 22.5. The van der Waals surface area contributed by atoms with Gasteiger partial charge < -0.3 is 9.40 Å². The second kappa shape index (κ2) is 7.78. The van der Waals surface area contributed by atoms with Gasteiger partial charge in [-0.15, -0.1) is 0 Å². The van der Waals surface area contributed by atoms with Crippen LogP contribution in [-0.2, 0) is 10.0 Å². The largest absolute Gasteiger partial charge is 0.455 e. The molecule has 2 aromatic carbocycles. The van der Waals surface area contributed by atoms with Crippen LogP contribution in [0.2, 0.25) is 0 Å². The van der Waals surface area contributed by atoms with Gasteiger partial charge in [-0.3, -0.25) is 4.31 Å². The molecule has 1 aliphatic heterocycles. The molecule has 0 spiro atoms. The number of hydrogen-bond acceptors (Lipinski definition) is 4. The summed E-state index contributed by atoms with van der Waals surface area (Å²) in [4.78, 5) is 7.58. The van der Waals surface area contributed by atoms with Crippen molar-refractivity contribution in [1.82, 2.24) is 9.97 Å². The van der Waals surface area contributed by atoms with Crippen molar-refractivity contribution in [1.29, 1.82) is 0 Å². The van der Waals surface area contributed by atoms with E-state index in [0.717, 1.165) is 41.3 Å². The molecule has 0 bridgehead atoms. The molecule has 0 fully saturated rings. The van der Waals surface area contributed by atoms with E-state index in [9.17, 15) is 12.8 Å². The van der Waals surface area contributed by atoms with Crippen LogP contribution in [-0.4, -0.2) is 31.2 Å². The lowest BCUT2D eigenvalue weighted by Crippen LogP contribution is -2.32. The van der Waals surface area contributed by atoms with Gasteiger partial charge in [0.2, 0.25) is 10.0 Å². The van der Waals surface area contributed by atoms with Crippen LogP contribution in [0.4, 0.5) is 10.1 Å². The average Bonchev–Trinajstić information content (AvgIpc) is 3.38. The van der Waals surface area contributed by atoms with Gasteiger partial charge in [0.25, 0.3) is 0 Å². The van der Waals surface area contributed by atoms with Crippen molar-refractivity contribution in [3.63, 3.8) is 0 Å². The second-order valence-electron chi connectivity index (χ2n) is 8.39. The quantitative estimate of drug-likeness (QED) is 0.433. The highest BCUT2D eigenvalue weighted by molar-refractivity contribution is 7.92. The number of H-pyrrole nitrogens is 1.